The maximum atomic E-state index is 12.2. The molecule has 0 radical (unpaired) electrons. The zero-order valence-electron chi connectivity index (χ0n) is 15.1. The molecule has 1 aromatic carbocycles. The molecule has 0 aliphatic carbocycles. The van der Waals surface area contributed by atoms with Gasteiger partial charge in [-0.2, -0.15) is 4.98 Å². The number of carbonyl (C=O) groups excluding carboxylic acids is 1. The molecule has 3 heterocycles. The normalized spacial score (nSPS) is 15.4. The summed E-state index contributed by atoms with van der Waals surface area (Å²) in [4.78, 5) is 21.2. The summed E-state index contributed by atoms with van der Waals surface area (Å²) in [5.41, 5.74) is 0.555. The highest BCUT2D eigenvalue weighted by atomic mass is 32.1. The molecule has 1 saturated heterocycles. The smallest absolute Gasteiger partial charge is 0.270 e. The molecular formula is C20H22N4O2S. The van der Waals surface area contributed by atoms with Gasteiger partial charge in [-0.05, 0) is 55.4 Å². The Hall–Kier alpha value is -2.51. The zero-order chi connectivity index (χ0) is 18.5. The predicted molar refractivity (Wildman–Crippen MR) is 106 cm³/mol. The number of thiophene rings is 1. The Labute approximate surface area is 162 Å². The summed E-state index contributed by atoms with van der Waals surface area (Å²) < 4.78 is 5.33. The highest BCUT2D eigenvalue weighted by Gasteiger charge is 2.16. The summed E-state index contributed by atoms with van der Waals surface area (Å²) in [6.45, 7) is 3.31. The minimum absolute atomic E-state index is 0.182. The highest BCUT2D eigenvalue weighted by molar-refractivity contribution is 7.15. The molecule has 7 heteroatoms. The summed E-state index contributed by atoms with van der Waals surface area (Å²) in [6.07, 6.45) is 5.25. The van der Waals surface area contributed by atoms with Gasteiger partial charge in [0.15, 0.2) is 0 Å². The molecule has 0 atom stereocenters. The van der Waals surface area contributed by atoms with Crippen molar-refractivity contribution in [1.82, 2.24) is 15.0 Å². The fraction of sp³-hybridized carbons (Fsp3) is 0.350. The lowest BCUT2D eigenvalue weighted by atomic mass is 10.2. The van der Waals surface area contributed by atoms with Crippen LogP contribution in [0, 0.1) is 0 Å². The molecule has 0 saturated carbocycles. The van der Waals surface area contributed by atoms with E-state index in [2.05, 4.69) is 26.4 Å². The molecule has 3 aromatic rings. The number of hydrogen-bond donors (Lipinski definition) is 1. The molecule has 4 rings (SSSR count). The van der Waals surface area contributed by atoms with Gasteiger partial charge in [0, 0.05) is 17.0 Å². The second kappa shape index (κ2) is 8.45. The van der Waals surface area contributed by atoms with E-state index in [0.717, 1.165) is 11.4 Å². The number of anilines is 1. The molecule has 6 nitrogen and oxygen atoms in total. The SMILES string of the molecule is O=C(Nc1noc(-c2ccc(CN3CCCCCC3)s2)n1)c1ccccc1. The monoisotopic (exact) mass is 382 g/mol. The first-order valence-electron chi connectivity index (χ1n) is 9.29. The van der Waals surface area contributed by atoms with Crippen molar-refractivity contribution < 1.29 is 9.32 Å². The van der Waals surface area contributed by atoms with Crippen LogP contribution < -0.4 is 5.32 Å². The molecule has 140 valence electrons. The molecule has 27 heavy (non-hydrogen) atoms. The first-order chi connectivity index (χ1) is 13.3. The molecule has 1 fully saturated rings. The van der Waals surface area contributed by atoms with E-state index in [1.807, 2.05) is 24.3 Å². The summed E-state index contributed by atoms with van der Waals surface area (Å²) in [7, 11) is 0. The minimum Gasteiger partial charge on any atom is -0.331 e. The summed E-state index contributed by atoms with van der Waals surface area (Å²) >= 11 is 1.66. The molecule has 1 N–H and O–H groups in total. The Bertz CT molecular complexity index is 882. The van der Waals surface area contributed by atoms with Crippen LogP contribution in [0.2, 0.25) is 0 Å². The number of likely N-dealkylation sites (tertiary alicyclic amines) is 1. The third-order valence-corrected chi connectivity index (χ3v) is 5.70. The van der Waals surface area contributed by atoms with E-state index in [1.54, 1.807) is 23.5 Å². The highest BCUT2D eigenvalue weighted by Crippen LogP contribution is 2.28. The van der Waals surface area contributed by atoms with Crippen LogP contribution in [0.3, 0.4) is 0 Å². The third-order valence-electron chi connectivity index (χ3n) is 4.64. The van der Waals surface area contributed by atoms with Gasteiger partial charge in [-0.25, -0.2) is 0 Å². The van der Waals surface area contributed by atoms with Crippen molar-refractivity contribution in [2.24, 2.45) is 0 Å². The molecule has 1 amide bonds. The Morgan fingerprint density at radius 2 is 1.85 bits per heavy atom. The number of hydrogen-bond acceptors (Lipinski definition) is 6. The fourth-order valence-corrected chi connectivity index (χ4v) is 4.20. The number of aromatic nitrogens is 2. The van der Waals surface area contributed by atoms with Gasteiger partial charge in [0.2, 0.25) is 0 Å². The van der Waals surface area contributed by atoms with Gasteiger partial charge >= 0.3 is 0 Å². The Kier molecular flexibility index (Phi) is 5.60. The first-order valence-corrected chi connectivity index (χ1v) is 10.1. The van der Waals surface area contributed by atoms with E-state index < -0.39 is 0 Å². The van der Waals surface area contributed by atoms with E-state index in [4.69, 9.17) is 4.52 Å². The van der Waals surface area contributed by atoms with E-state index in [1.165, 1.54) is 43.6 Å². The molecule has 1 aliphatic rings. The van der Waals surface area contributed by atoms with E-state index in [9.17, 15) is 4.79 Å². The third kappa shape index (κ3) is 4.61. The number of benzene rings is 1. The van der Waals surface area contributed by atoms with Gasteiger partial charge in [0.05, 0.1) is 4.88 Å². The Morgan fingerprint density at radius 1 is 1.07 bits per heavy atom. The van der Waals surface area contributed by atoms with Crippen LogP contribution in [0.4, 0.5) is 5.95 Å². The number of nitrogens with zero attached hydrogens (tertiary/aromatic N) is 3. The second-order valence-corrected chi connectivity index (χ2v) is 7.87. The van der Waals surface area contributed by atoms with Crippen molar-refractivity contribution in [3.05, 3.63) is 52.9 Å². The van der Waals surface area contributed by atoms with Crippen molar-refractivity contribution in [1.29, 1.82) is 0 Å². The molecular weight excluding hydrogens is 360 g/mol. The number of rotatable bonds is 5. The molecule has 0 bridgehead atoms. The minimum atomic E-state index is -0.254. The summed E-state index contributed by atoms with van der Waals surface area (Å²) in [6, 6.07) is 13.1. The van der Waals surface area contributed by atoms with Crippen molar-refractivity contribution >= 4 is 23.2 Å². The average molecular weight is 382 g/mol. The van der Waals surface area contributed by atoms with Crippen molar-refractivity contribution in [2.45, 2.75) is 32.2 Å². The van der Waals surface area contributed by atoms with Crippen LogP contribution >= 0.6 is 11.3 Å². The Balaban J connectivity index is 1.40. The second-order valence-electron chi connectivity index (χ2n) is 6.70. The summed E-state index contributed by atoms with van der Waals surface area (Å²) in [5, 5.41) is 6.54. The molecule has 0 spiro atoms. The van der Waals surface area contributed by atoms with Gasteiger partial charge < -0.3 is 4.52 Å². The van der Waals surface area contributed by atoms with Crippen molar-refractivity contribution in [3.63, 3.8) is 0 Å². The van der Waals surface area contributed by atoms with Crippen LogP contribution in [-0.4, -0.2) is 34.0 Å². The quantitative estimate of drug-likeness (QED) is 0.707. The Morgan fingerprint density at radius 3 is 2.63 bits per heavy atom. The van der Waals surface area contributed by atoms with Gasteiger partial charge in [0.25, 0.3) is 17.7 Å². The average Bonchev–Trinajstić information content (AvgIpc) is 3.27. The van der Waals surface area contributed by atoms with E-state index in [0.29, 0.717) is 11.5 Å². The van der Waals surface area contributed by atoms with Crippen LogP contribution in [0.25, 0.3) is 10.8 Å². The lowest BCUT2D eigenvalue weighted by molar-refractivity contribution is 0.102. The lowest BCUT2D eigenvalue weighted by Gasteiger charge is -2.18. The van der Waals surface area contributed by atoms with Crippen LogP contribution in [0.15, 0.2) is 47.0 Å². The van der Waals surface area contributed by atoms with Gasteiger partial charge in [-0.3, -0.25) is 15.0 Å². The van der Waals surface area contributed by atoms with Gasteiger partial charge in [-0.1, -0.05) is 31.0 Å². The number of nitrogens with one attached hydrogen (secondary N) is 1. The number of carbonyl (C=O) groups is 1. The van der Waals surface area contributed by atoms with Crippen LogP contribution in [0.5, 0.6) is 0 Å². The van der Waals surface area contributed by atoms with E-state index >= 15 is 0 Å². The molecule has 2 aromatic heterocycles. The van der Waals surface area contributed by atoms with Gasteiger partial charge in [0.1, 0.15) is 0 Å². The fourth-order valence-electron chi connectivity index (χ4n) is 3.23. The standard InChI is InChI=1S/C20H22N4O2S/c25-18(15-8-4-3-5-9-15)21-20-22-19(26-23-20)17-11-10-16(27-17)14-24-12-6-1-2-7-13-24/h3-5,8-11H,1-2,6-7,12-14H2,(H,21,23,25). The number of amides is 1. The molecule has 0 unspecified atom stereocenters. The predicted octanol–water partition coefficient (Wildman–Crippen LogP) is 4.43. The van der Waals surface area contributed by atoms with Crippen LogP contribution in [-0.2, 0) is 6.54 Å². The van der Waals surface area contributed by atoms with Crippen molar-refractivity contribution in [3.8, 4) is 10.8 Å². The van der Waals surface area contributed by atoms with Crippen LogP contribution in [0.1, 0.15) is 40.9 Å². The largest absolute Gasteiger partial charge is 0.331 e. The lowest BCUT2D eigenvalue weighted by Crippen LogP contribution is -2.23. The zero-order valence-corrected chi connectivity index (χ0v) is 15.9. The van der Waals surface area contributed by atoms with Gasteiger partial charge in [-0.15, -0.1) is 11.3 Å². The molecule has 1 aliphatic heterocycles. The maximum Gasteiger partial charge on any atom is 0.270 e. The maximum absolute atomic E-state index is 12.2. The van der Waals surface area contributed by atoms with Crippen molar-refractivity contribution in [2.75, 3.05) is 18.4 Å². The first kappa shape index (κ1) is 17.9. The summed E-state index contributed by atoms with van der Waals surface area (Å²) in [5.74, 6) is 0.364. The topological polar surface area (TPSA) is 71.3 Å². The van der Waals surface area contributed by atoms with E-state index in [-0.39, 0.29) is 11.9 Å².